The van der Waals surface area contributed by atoms with Crippen LogP contribution in [0.4, 0.5) is 13.2 Å². The summed E-state index contributed by atoms with van der Waals surface area (Å²) in [6, 6.07) is 6.64. The highest BCUT2D eigenvalue weighted by Crippen LogP contribution is 2.38. The Labute approximate surface area is 157 Å². The van der Waals surface area contributed by atoms with Crippen molar-refractivity contribution in [2.24, 2.45) is 5.92 Å². The lowest BCUT2D eigenvalue weighted by Crippen LogP contribution is -2.53. The zero-order valence-electron chi connectivity index (χ0n) is 14.3. The highest BCUT2D eigenvalue weighted by Gasteiger charge is 2.55. The first-order valence-electron chi connectivity index (χ1n) is 8.69. The summed E-state index contributed by atoms with van der Waals surface area (Å²) in [5, 5.41) is 15.8. The van der Waals surface area contributed by atoms with Crippen LogP contribution >= 0.6 is 12.4 Å². The van der Waals surface area contributed by atoms with Gasteiger partial charge in [-0.15, -0.1) is 12.4 Å². The van der Waals surface area contributed by atoms with Crippen molar-refractivity contribution >= 4 is 18.3 Å². The fraction of sp³-hybridized carbons (Fsp3) is 0.611. The van der Waals surface area contributed by atoms with Crippen molar-refractivity contribution in [2.75, 3.05) is 6.54 Å². The Hall–Kier alpha value is -1.31. The van der Waals surface area contributed by atoms with Crippen LogP contribution in [0.15, 0.2) is 30.3 Å². The third kappa shape index (κ3) is 4.15. The van der Waals surface area contributed by atoms with Gasteiger partial charge in [-0.25, -0.2) is 0 Å². The molecule has 26 heavy (non-hydrogen) atoms. The van der Waals surface area contributed by atoms with Crippen LogP contribution in [0.25, 0.3) is 0 Å². The van der Waals surface area contributed by atoms with Crippen molar-refractivity contribution in [1.82, 2.24) is 10.6 Å². The molecule has 1 aromatic carbocycles. The summed E-state index contributed by atoms with van der Waals surface area (Å²) in [7, 11) is 0. The zero-order chi connectivity index (χ0) is 18.1. The van der Waals surface area contributed by atoms with Gasteiger partial charge in [-0.1, -0.05) is 43.2 Å². The van der Waals surface area contributed by atoms with Gasteiger partial charge in [0.2, 0.25) is 11.5 Å². The summed E-state index contributed by atoms with van der Waals surface area (Å²) < 4.78 is 40.3. The summed E-state index contributed by atoms with van der Waals surface area (Å²) in [5.41, 5.74) is -3.38. The zero-order valence-corrected chi connectivity index (χ0v) is 15.1. The molecule has 0 aromatic heterocycles. The molecule has 3 N–H and O–H groups in total. The normalized spacial score (nSPS) is 27.8. The quantitative estimate of drug-likeness (QED) is 0.738. The van der Waals surface area contributed by atoms with Crippen LogP contribution in [-0.4, -0.2) is 35.8 Å². The number of carbonyl (C=O) groups excluding carboxylic acids is 1. The second-order valence-electron chi connectivity index (χ2n) is 7.05. The molecule has 1 aliphatic carbocycles. The highest BCUT2D eigenvalue weighted by atomic mass is 35.5. The minimum Gasteiger partial charge on any atom is -0.375 e. The SMILES string of the molecule is Cl.O=C(NCC(O)(c1ccccc1)C(F)(F)F)C1CC2CCCCC2N1. The van der Waals surface area contributed by atoms with Crippen LogP contribution in [0.5, 0.6) is 0 Å². The van der Waals surface area contributed by atoms with Gasteiger partial charge in [0, 0.05) is 6.04 Å². The summed E-state index contributed by atoms with van der Waals surface area (Å²) in [6.07, 6.45) is 0.0667. The van der Waals surface area contributed by atoms with Crippen molar-refractivity contribution in [3.8, 4) is 0 Å². The lowest BCUT2D eigenvalue weighted by atomic mass is 9.85. The third-order valence-electron chi connectivity index (χ3n) is 5.42. The van der Waals surface area contributed by atoms with E-state index in [9.17, 15) is 23.1 Å². The number of aliphatic hydroxyl groups is 1. The Balaban J connectivity index is 0.00000243. The van der Waals surface area contributed by atoms with Gasteiger partial charge in [-0.05, 0) is 30.7 Å². The van der Waals surface area contributed by atoms with Gasteiger partial charge < -0.3 is 15.7 Å². The fourth-order valence-electron chi connectivity index (χ4n) is 3.94. The third-order valence-corrected chi connectivity index (χ3v) is 5.42. The summed E-state index contributed by atoms with van der Waals surface area (Å²) in [4.78, 5) is 12.3. The second kappa shape index (κ2) is 8.15. The van der Waals surface area contributed by atoms with Crippen LogP contribution in [0, 0.1) is 5.92 Å². The van der Waals surface area contributed by atoms with Crippen LogP contribution in [0.2, 0.25) is 0 Å². The summed E-state index contributed by atoms with van der Waals surface area (Å²) >= 11 is 0. The number of carbonyl (C=O) groups is 1. The van der Waals surface area contributed by atoms with Crippen molar-refractivity contribution in [1.29, 1.82) is 0 Å². The molecular formula is C18H24ClF3N2O2. The molecule has 8 heteroatoms. The van der Waals surface area contributed by atoms with Crippen LogP contribution < -0.4 is 10.6 Å². The Kier molecular flexibility index (Phi) is 6.58. The van der Waals surface area contributed by atoms with Crippen molar-refractivity contribution in [2.45, 2.75) is 56.0 Å². The smallest absolute Gasteiger partial charge is 0.375 e. The lowest BCUT2D eigenvalue weighted by Gasteiger charge is -2.31. The van der Waals surface area contributed by atoms with E-state index in [0.717, 1.165) is 25.7 Å². The van der Waals surface area contributed by atoms with Gasteiger partial charge in [-0.2, -0.15) is 13.2 Å². The van der Waals surface area contributed by atoms with E-state index in [1.807, 2.05) is 0 Å². The van der Waals surface area contributed by atoms with Gasteiger partial charge in [0.1, 0.15) is 0 Å². The average molecular weight is 393 g/mol. The number of alkyl halides is 3. The van der Waals surface area contributed by atoms with E-state index in [4.69, 9.17) is 0 Å². The van der Waals surface area contributed by atoms with Crippen LogP contribution in [0.3, 0.4) is 0 Å². The molecule has 0 bridgehead atoms. The Morgan fingerprint density at radius 1 is 1.19 bits per heavy atom. The van der Waals surface area contributed by atoms with Gasteiger partial charge in [0.25, 0.3) is 0 Å². The molecule has 0 radical (unpaired) electrons. The van der Waals surface area contributed by atoms with Crippen molar-refractivity contribution < 1.29 is 23.1 Å². The van der Waals surface area contributed by atoms with E-state index in [1.54, 1.807) is 6.07 Å². The second-order valence-corrected chi connectivity index (χ2v) is 7.05. The maximum Gasteiger partial charge on any atom is 0.423 e. The van der Waals surface area contributed by atoms with Crippen LogP contribution in [0.1, 0.15) is 37.7 Å². The topological polar surface area (TPSA) is 61.4 Å². The van der Waals surface area contributed by atoms with E-state index in [0.29, 0.717) is 12.3 Å². The predicted octanol–water partition coefficient (Wildman–Crippen LogP) is 2.90. The Morgan fingerprint density at radius 3 is 2.46 bits per heavy atom. The molecular weight excluding hydrogens is 369 g/mol. The molecule has 1 heterocycles. The van der Waals surface area contributed by atoms with E-state index in [-0.39, 0.29) is 24.0 Å². The molecule has 4 nitrogen and oxygen atoms in total. The molecule has 1 aromatic rings. The number of hydrogen-bond acceptors (Lipinski definition) is 3. The summed E-state index contributed by atoms with van der Waals surface area (Å²) in [5.74, 6) is -0.0619. The van der Waals surface area contributed by atoms with E-state index >= 15 is 0 Å². The van der Waals surface area contributed by atoms with Gasteiger partial charge in [-0.3, -0.25) is 4.79 Å². The Morgan fingerprint density at radius 2 is 1.85 bits per heavy atom. The molecule has 4 unspecified atom stereocenters. The minimum atomic E-state index is -4.89. The fourth-order valence-corrected chi connectivity index (χ4v) is 3.94. The van der Waals surface area contributed by atoms with E-state index < -0.39 is 30.3 Å². The largest absolute Gasteiger partial charge is 0.423 e. The number of rotatable bonds is 4. The number of hydrogen-bond donors (Lipinski definition) is 3. The standard InChI is InChI=1S/C18H23F3N2O2.ClH/c19-18(20,21)17(25,13-7-2-1-3-8-13)11-22-16(24)15-10-12-6-4-5-9-14(12)23-15;/h1-3,7-8,12,14-15,23,25H,4-6,9-11H2,(H,22,24);1H. The van der Waals surface area contributed by atoms with Crippen molar-refractivity contribution in [3.63, 3.8) is 0 Å². The average Bonchev–Trinajstić information content (AvgIpc) is 3.03. The summed E-state index contributed by atoms with van der Waals surface area (Å²) in [6.45, 7) is -0.896. The first kappa shape index (κ1) is 21.0. The molecule has 1 saturated heterocycles. The van der Waals surface area contributed by atoms with Crippen LogP contribution in [-0.2, 0) is 10.4 Å². The first-order valence-corrected chi connectivity index (χ1v) is 8.69. The molecule has 0 spiro atoms. The van der Waals surface area contributed by atoms with Gasteiger partial charge in [0.15, 0.2) is 0 Å². The molecule has 146 valence electrons. The van der Waals surface area contributed by atoms with Crippen molar-refractivity contribution in [3.05, 3.63) is 35.9 Å². The predicted molar refractivity (Wildman–Crippen MR) is 93.9 cm³/mol. The number of amides is 1. The van der Waals surface area contributed by atoms with Gasteiger partial charge in [0.05, 0.1) is 12.6 Å². The van der Waals surface area contributed by atoms with E-state index in [2.05, 4.69) is 10.6 Å². The highest BCUT2D eigenvalue weighted by molar-refractivity contribution is 5.85. The van der Waals surface area contributed by atoms with Gasteiger partial charge >= 0.3 is 6.18 Å². The number of halogens is 4. The molecule has 2 fully saturated rings. The monoisotopic (exact) mass is 392 g/mol. The lowest BCUT2D eigenvalue weighted by molar-refractivity contribution is -0.264. The maximum atomic E-state index is 13.4. The molecule has 1 aliphatic heterocycles. The number of nitrogens with one attached hydrogen (secondary N) is 2. The minimum absolute atomic E-state index is 0. The molecule has 3 rings (SSSR count). The maximum absolute atomic E-state index is 13.4. The molecule has 2 aliphatic rings. The molecule has 1 saturated carbocycles. The molecule has 4 atom stereocenters. The Bertz CT molecular complexity index is 600. The first-order chi connectivity index (χ1) is 11.8. The number of fused-ring (bicyclic) bond motifs is 1. The molecule has 1 amide bonds. The number of benzene rings is 1. The van der Waals surface area contributed by atoms with E-state index in [1.165, 1.54) is 24.3 Å².